The van der Waals surface area contributed by atoms with Gasteiger partial charge < -0.3 is 10.3 Å². The summed E-state index contributed by atoms with van der Waals surface area (Å²) in [4.78, 5) is 22.7. The quantitative estimate of drug-likeness (QED) is 0.890. The number of aromatic amines is 1. The number of thiophene rings is 1. The number of nitrogens with one attached hydrogen (secondary N) is 2. The van der Waals surface area contributed by atoms with Crippen LogP contribution in [0.4, 0.5) is 0 Å². The van der Waals surface area contributed by atoms with Crippen LogP contribution in [0.5, 0.6) is 0 Å². The highest BCUT2D eigenvalue weighted by Crippen LogP contribution is 2.33. The molecule has 2 aliphatic carbocycles. The molecule has 2 aromatic heterocycles. The standard InChI is InChI=1S/C19H27N3OS/c1-12-6-2-4-8-14(12)20-11-10-16-21-18(23)17-13-7-3-5-9-15(13)24-19(17)22-16/h12,14,20H,2-11H2,1H3,(H,21,22,23)/t12-,14-/m1/s1. The molecule has 130 valence electrons. The summed E-state index contributed by atoms with van der Waals surface area (Å²) >= 11 is 1.74. The van der Waals surface area contributed by atoms with Gasteiger partial charge in [0, 0.05) is 23.9 Å². The first kappa shape index (κ1) is 16.3. The van der Waals surface area contributed by atoms with Gasteiger partial charge in [-0.2, -0.15) is 0 Å². The molecule has 2 aromatic rings. The molecule has 2 atom stereocenters. The Morgan fingerprint density at radius 2 is 2.04 bits per heavy atom. The van der Waals surface area contributed by atoms with Crippen molar-refractivity contribution in [2.45, 2.75) is 70.8 Å². The number of rotatable bonds is 4. The van der Waals surface area contributed by atoms with Crippen LogP contribution in [-0.2, 0) is 19.3 Å². The maximum atomic E-state index is 12.5. The summed E-state index contributed by atoms with van der Waals surface area (Å²) in [6.07, 6.45) is 10.7. The van der Waals surface area contributed by atoms with Crippen molar-refractivity contribution in [2.75, 3.05) is 6.54 Å². The van der Waals surface area contributed by atoms with Gasteiger partial charge in [-0.3, -0.25) is 4.79 Å². The second-order valence-electron chi connectivity index (χ2n) is 7.48. The molecule has 5 heteroatoms. The van der Waals surface area contributed by atoms with E-state index in [0.717, 1.165) is 47.8 Å². The third-order valence-electron chi connectivity index (χ3n) is 5.75. The molecule has 0 aromatic carbocycles. The van der Waals surface area contributed by atoms with E-state index in [2.05, 4.69) is 17.2 Å². The predicted molar refractivity (Wildman–Crippen MR) is 100 cm³/mol. The largest absolute Gasteiger partial charge is 0.313 e. The van der Waals surface area contributed by atoms with Crippen LogP contribution in [0, 0.1) is 5.92 Å². The van der Waals surface area contributed by atoms with Crippen molar-refractivity contribution in [3.63, 3.8) is 0 Å². The van der Waals surface area contributed by atoms with E-state index < -0.39 is 0 Å². The fourth-order valence-electron chi connectivity index (χ4n) is 4.32. The second-order valence-corrected chi connectivity index (χ2v) is 8.56. The highest BCUT2D eigenvalue weighted by Gasteiger charge is 2.21. The maximum absolute atomic E-state index is 12.5. The summed E-state index contributed by atoms with van der Waals surface area (Å²) in [5.74, 6) is 1.60. The maximum Gasteiger partial charge on any atom is 0.259 e. The number of aromatic nitrogens is 2. The molecule has 2 heterocycles. The smallest absolute Gasteiger partial charge is 0.259 e. The van der Waals surface area contributed by atoms with Gasteiger partial charge in [0.15, 0.2) is 0 Å². The lowest BCUT2D eigenvalue weighted by atomic mass is 9.86. The normalized spacial score (nSPS) is 24.2. The Morgan fingerprint density at radius 3 is 2.92 bits per heavy atom. The molecule has 4 nitrogen and oxygen atoms in total. The van der Waals surface area contributed by atoms with Crippen LogP contribution < -0.4 is 10.9 Å². The Balaban J connectivity index is 1.48. The fourth-order valence-corrected chi connectivity index (χ4v) is 5.60. The highest BCUT2D eigenvalue weighted by molar-refractivity contribution is 7.18. The van der Waals surface area contributed by atoms with E-state index in [-0.39, 0.29) is 5.56 Å². The van der Waals surface area contributed by atoms with E-state index in [9.17, 15) is 4.79 Å². The van der Waals surface area contributed by atoms with Crippen molar-refractivity contribution in [3.05, 3.63) is 26.6 Å². The lowest BCUT2D eigenvalue weighted by molar-refractivity contribution is 0.282. The lowest BCUT2D eigenvalue weighted by Gasteiger charge is -2.29. The van der Waals surface area contributed by atoms with E-state index in [1.807, 2.05) is 0 Å². The van der Waals surface area contributed by atoms with E-state index in [1.54, 1.807) is 11.3 Å². The zero-order valence-corrected chi connectivity index (χ0v) is 15.3. The predicted octanol–water partition coefficient (Wildman–Crippen LogP) is 3.57. The Morgan fingerprint density at radius 1 is 1.21 bits per heavy atom. The van der Waals surface area contributed by atoms with E-state index in [1.165, 1.54) is 49.0 Å². The molecule has 4 rings (SSSR count). The molecule has 0 aliphatic heterocycles. The number of aryl methyl sites for hydroxylation is 2. The number of hydrogen-bond acceptors (Lipinski definition) is 4. The van der Waals surface area contributed by atoms with Crippen LogP contribution in [0.2, 0.25) is 0 Å². The van der Waals surface area contributed by atoms with Crippen LogP contribution in [0.15, 0.2) is 4.79 Å². The van der Waals surface area contributed by atoms with Gasteiger partial charge in [-0.05, 0) is 50.0 Å². The molecule has 2 aliphatic rings. The molecule has 0 unspecified atom stereocenters. The van der Waals surface area contributed by atoms with Gasteiger partial charge in [0.2, 0.25) is 0 Å². The van der Waals surface area contributed by atoms with Crippen LogP contribution >= 0.6 is 11.3 Å². The minimum absolute atomic E-state index is 0.0698. The third-order valence-corrected chi connectivity index (χ3v) is 6.94. The van der Waals surface area contributed by atoms with Crippen molar-refractivity contribution in [1.29, 1.82) is 0 Å². The molecule has 0 saturated heterocycles. The SMILES string of the molecule is C[C@@H]1CCCC[C@H]1NCCc1nc2sc3c(c2c(=O)[nH]1)CCCC3. The molecule has 0 bridgehead atoms. The fraction of sp³-hybridized carbons (Fsp3) is 0.684. The van der Waals surface area contributed by atoms with Gasteiger partial charge in [0.25, 0.3) is 5.56 Å². The molecular formula is C19H27N3OS. The molecular weight excluding hydrogens is 318 g/mol. The summed E-state index contributed by atoms with van der Waals surface area (Å²) < 4.78 is 0. The monoisotopic (exact) mass is 345 g/mol. The number of H-pyrrole nitrogens is 1. The molecule has 1 saturated carbocycles. The topological polar surface area (TPSA) is 57.8 Å². The number of nitrogens with zero attached hydrogens (tertiary/aromatic N) is 1. The van der Waals surface area contributed by atoms with Crippen LogP contribution in [0.3, 0.4) is 0 Å². The molecule has 24 heavy (non-hydrogen) atoms. The number of hydrogen-bond donors (Lipinski definition) is 2. The van der Waals surface area contributed by atoms with E-state index >= 15 is 0 Å². The molecule has 2 N–H and O–H groups in total. The average Bonchev–Trinajstić information content (AvgIpc) is 2.95. The molecule has 0 spiro atoms. The van der Waals surface area contributed by atoms with Crippen molar-refractivity contribution in [3.8, 4) is 0 Å². The van der Waals surface area contributed by atoms with E-state index in [0.29, 0.717) is 6.04 Å². The zero-order chi connectivity index (χ0) is 16.5. The minimum atomic E-state index is 0.0698. The average molecular weight is 346 g/mol. The first-order chi connectivity index (χ1) is 11.7. The Labute approximate surface area is 147 Å². The van der Waals surface area contributed by atoms with Crippen molar-refractivity contribution >= 4 is 21.6 Å². The van der Waals surface area contributed by atoms with Crippen molar-refractivity contribution < 1.29 is 0 Å². The van der Waals surface area contributed by atoms with E-state index in [4.69, 9.17) is 4.98 Å². The summed E-state index contributed by atoms with van der Waals surface area (Å²) in [6.45, 7) is 3.24. The minimum Gasteiger partial charge on any atom is -0.313 e. The summed E-state index contributed by atoms with van der Waals surface area (Å²) in [7, 11) is 0. The van der Waals surface area contributed by atoms with Gasteiger partial charge in [-0.25, -0.2) is 4.98 Å². The zero-order valence-electron chi connectivity index (χ0n) is 14.5. The number of fused-ring (bicyclic) bond motifs is 3. The first-order valence-electron chi connectivity index (χ1n) is 9.49. The third kappa shape index (κ3) is 3.16. The summed E-state index contributed by atoms with van der Waals surface area (Å²) in [5.41, 5.74) is 1.34. The van der Waals surface area contributed by atoms with Gasteiger partial charge >= 0.3 is 0 Å². The summed E-state index contributed by atoms with van der Waals surface area (Å²) in [5, 5.41) is 4.55. The van der Waals surface area contributed by atoms with Crippen LogP contribution in [0.1, 0.15) is 61.7 Å². The van der Waals surface area contributed by atoms with Crippen molar-refractivity contribution in [1.82, 2.24) is 15.3 Å². The summed E-state index contributed by atoms with van der Waals surface area (Å²) in [6, 6.07) is 0.628. The van der Waals surface area contributed by atoms with Gasteiger partial charge in [-0.1, -0.05) is 19.8 Å². The Kier molecular flexibility index (Phi) is 4.72. The van der Waals surface area contributed by atoms with Crippen molar-refractivity contribution in [2.24, 2.45) is 5.92 Å². The Hall–Kier alpha value is -1.20. The van der Waals surface area contributed by atoms with Crippen LogP contribution in [0.25, 0.3) is 10.2 Å². The second kappa shape index (κ2) is 6.96. The molecule has 0 amide bonds. The molecule has 0 radical (unpaired) electrons. The molecule has 1 fully saturated rings. The first-order valence-corrected chi connectivity index (χ1v) is 10.3. The van der Waals surface area contributed by atoms with Gasteiger partial charge in [0.1, 0.15) is 10.7 Å². The highest BCUT2D eigenvalue weighted by atomic mass is 32.1. The Bertz CT molecular complexity index is 779. The van der Waals surface area contributed by atoms with Gasteiger partial charge in [-0.15, -0.1) is 11.3 Å². The lowest BCUT2D eigenvalue weighted by Crippen LogP contribution is -2.38. The van der Waals surface area contributed by atoms with Gasteiger partial charge in [0.05, 0.1) is 5.39 Å². The van der Waals surface area contributed by atoms with Crippen LogP contribution in [-0.4, -0.2) is 22.6 Å².